The van der Waals surface area contributed by atoms with E-state index in [1.54, 1.807) is 14.2 Å². The van der Waals surface area contributed by atoms with Crippen molar-refractivity contribution in [2.24, 2.45) is 5.41 Å². The van der Waals surface area contributed by atoms with Crippen LogP contribution in [0.3, 0.4) is 0 Å². The number of amides is 1. The van der Waals surface area contributed by atoms with Crippen LogP contribution in [0.1, 0.15) is 56.8 Å². The Kier molecular flexibility index (Phi) is 7.58. The highest BCUT2D eigenvalue weighted by atomic mass is 35.5. The highest BCUT2D eigenvalue weighted by Crippen LogP contribution is 2.56. The molecule has 3 saturated heterocycles. The Morgan fingerprint density at radius 3 is 2.40 bits per heavy atom. The van der Waals surface area contributed by atoms with E-state index in [4.69, 9.17) is 26.2 Å². The first-order valence-electron chi connectivity index (χ1n) is 16.2. The molecule has 0 bridgehead atoms. The van der Waals surface area contributed by atoms with Crippen LogP contribution in [0, 0.1) is 19.3 Å². The van der Waals surface area contributed by atoms with Crippen LogP contribution in [-0.4, -0.2) is 106 Å². The van der Waals surface area contributed by atoms with Crippen LogP contribution < -0.4 is 4.90 Å². The average molecular weight is 636 g/mol. The van der Waals surface area contributed by atoms with E-state index >= 15 is 0 Å². The number of halogens is 1. The molecule has 2 aromatic heterocycles. The number of hydrogen-bond donors (Lipinski definition) is 1. The van der Waals surface area contributed by atoms with Crippen molar-refractivity contribution < 1.29 is 14.3 Å². The fourth-order valence-corrected chi connectivity index (χ4v) is 9.05. The summed E-state index contributed by atoms with van der Waals surface area (Å²) in [7, 11) is 3.57. The molecule has 1 aromatic carbocycles. The highest BCUT2D eigenvalue weighted by Gasteiger charge is 2.55. The molecule has 1 unspecified atom stereocenters. The minimum absolute atomic E-state index is 0.0252. The number of anilines is 1. The topological polar surface area (TPSA) is 91.8 Å². The lowest BCUT2D eigenvalue weighted by molar-refractivity contribution is -0.149. The maximum atomic E-state index is 12.1. The zero-order valence-electron chi connectivity index (χ0n) is 27.4. The smallest absolute Gasteiger partial charge is 0.245 e. The van der Waals surface area contributed by atoms with Gasteiger partial charge in [0, 0.05) is 86.1 Å². The first-order chi connectivity index (χ1) is 21.5. The van der Waals surface area contributed by atoms with Gasteiger partial charge >= 0.3 is 0 Å². The number of fused-ring (bicyclic) bond motifs is 1. The number of piperidine rings is 1. The number of likely N-dealkylation sites (tertiary alicyclic amines) is 2. The van der Waals surface area contributed by atoms with Gasteiger partial charge in [0.05, 0.1) is 35.0 Å². The number of ether oxygens (including phenoxy) is 2. The van der Waals surface area contributed by atoms with Gasteiger partial charge in [-0.05, 0) is 71.1 Å². The Labute approximate surface area is 270 Å². The first kappa shape index (κ1) is 30.7. The Hall–Kier alpha value is -2.92. The fraction of sp³-hybridized carbons (Fsp3) is 0.618. The van der Waals surface area contributed by atoms with Gasteiger partial charge in [0.1, 0.15) is 0 Å². The van der Waals surface area contributed by atoms with E-state index in [9.17, 15) is 4.79 Å². The predicted octanol–water partition coefficient (Wildman–Crippen LogP) is 5.14. The number of nitrogens with one attached hydrogen (secondary N) is 1. The zero-order valence-corrected chi connectivity index (χ0v) is 28.2. The number of carbonyl (C=O) groups excluding carboxylic acids is 1. The number of methoxy groups -OCH3 is 2. The third-order valence-corrected chi connectivity index (χ3v) is 11.7. The van der Waals surface area contributed by atoms with Crippen molar-refractivity contribution >= 4 is 34.2 Å². The van der Waals surface area contributed by atoms with Crippen molar-refractivity contribution in [2.45, 2.75) is 83.2 Å². The van der Waals surface area contributed by atoms with E-state index in [1.807, 2.05) is 11.1 Å². The summed E-state index contributed by atoms with van der Waals surface area (Å²) in [6, 6.07) is 2.79. The van der Waals surface area contributed by atoms with Crippen LogP contribution in [0.25, 0.3) is 22.0 Å². The number of aromatic amines is 1. The number of aryl methyl sites for hydroxylation is 1. The van der Waals surface area contributed by atoms with E-state index in [-0.39, 0.29) is 35.1 Å². The van der Waals surface area contributed by atoms with Gasteiger partial charge in [-0.3, -0.25) is 19.5 Å². The Balaban J connectivity index is 1.24. The molecular weight excluding hydrogens is 590 g/mol. The summed E-state index contributed by atoms with van der Waals surface area (Å²) in [5.41, 5.74) is 5.25. The van der Waals surface area contributed by atoms with Crippen LogP contribution in [0.4, 0.5) is 5.82 Å². The van der Waals surface area contributed by atoms with Crippen LogP contribution in [0.2, 0.25) is 5.02 Å². The van der Waals surface area contributed by atoms with Crippen molar-refractivity contribution in [2.75, 3.05) is 51.8 Å². The molecule has 1 amide bonds. The molecule has 0 radical (unpaired) electrons. The molecule has 45 heavy (non-hydrogen) atoms. The van der Waals surface area contributed by atoms with E-state index in [2.05, 4.69) is 65.0 Å². The Bertz CT molecular complexity index is 1620. The fourth-order valence-electron chi connectivity index (χ4n) is 8.80. The van der Waals surface area contributed by atoms with Crippen molar-refractivity contribution in [3.8, 4) is 11.1 Å². The van der Waals surface area contributed by atoms with Gasteiger partial charge in [-0.15, -0.1) is 0 Å². The number of carbonyl (C=O) groups is 1. The summed E-state index contributed by atoms with van der Waals surface area (Å²) in [5, 5.41) is 14.8. The minimum atomic E-state index is -0.150. The molecule has 7 rings (SSSR count). The molecule has 1 aliphatic carbocycles. The second kappa shape index (κ2) is 11.1. The summed E-state index contributed by atoms with van der Waals surface area (Å²) in [6.45, 7) is 16.9. The van der Waals surface area contributed by atoms with Crippen molar-refractivity contribution in [1.29, 1.82) is 0 Å². The first-order valence-corrected chi connectivity index (χ1v) is 16.6. The lowest BCUT2D eigenvalue weighted by atomic mass is 9.60. The molecule has 4 fully saturated rings. The van der Waals surface area contributed by atoms with Gasteiger partial charge in [0.2, 0.25) is 5.91 Å². The maximum Gasteiger partial charge on any atom is 0.245 e. The molecule has 1 N–H and O–H groups in total. The normalized spacial score (nSPS) is 26.4. The summed E-state index contributed by atoms with van der Waals surface area (Å²) in [6.07, 6.45) is 7.58. The summed E-state index contributed by atoms with van der Waals surface area (Å²) >= 11 is 7.18. The second-order valence-electron chi connectivity index (χ2n) is 14.5. The third-order valence-electron chi connectivity index (χ3n) is 11.2. The van der Waals surface area contributed by atoms with Crippen molar-refractivity contribution in [3.05, 3.63) is 41.2 Å². The number of benzene rings is 1. The number of rotatable bonds is 7. The summed E-state index contributed by atoms with van der Waals surface area (Å²) in [5.74, 6) is 1.02. The Morgan fingerprint density at radius 2 is 1.78 bits per heavy atom. The van der Waals surface area contributed by atoms with Crippen LogP contribution in [-0.2, 0) is 14.3 Å². The monoisotopic (exact) mass is 635 g/mol. The van der Waals surface area contributed by atoms with Gasteiger partial charge in [-0.25, -0.2) is 0 Å². The number of H-pyrrole nitrogens is 1. The van der Waals surface area contributed by atoms with E-state index in [1.165, 1.54) is 6.08 Å². The molecule has 11 heteroatoms. The van der Waals surface area contributed by atoms with Crippen LogP contribution in [0.5, 0.6) is 0 Å². The SMILES string of the molecule is C=CC(=O)N1CC2(CC(n3nc(N4CCC(N5C[C@H](OC)[C@H](OC)C5)CC4(C)C)c(-c4c(Cl)c(C)cc5[nH]ncc45)c3C)C2)C1. The van der Waals surface area contributed by atoms with E-state index < -0.39 is 0 Å². The highest BCUT2D eigenvalue weighted by molar-refractivity contribution is 6.36. The minimum Gasteiger partial charge on any atom is -0.377 e. The number of hydrogen-bond acceptors (Lipinski definition) is 7. The van der Waals surface area contributed by atoms with Gasteiger partial charge in [-0.2, -0.15) is 10.2 Å². The third kappa shape index (κ3) is 4.91. The quantitative estimate of drug-likeness (QED) is 0.360. The second-order valence-corrected chi connectivity index (χ2v) is 14.9. The molecule has 3 atom stereocenters. The van der Waals surface area contributed by atoms with Gasteiger partial charge in [0.25, 0.3) is 0 Å². The molecular formula is C34H46ClN7O3. The maximum absolute atomic E-state index is 12.1. The molecule has 4 aliphatic rings. The van der Waals surface area contributed by atoms with Crippen molar-refractivity contribution in [3.63, 3.8) is 0 Å². The summed E-state index contributed by atoms with van der Waals surface area (Å²) in [4.78, 5) is 19.1. The number of nitrogens with zero attached hydrogens (tertiary/aromatic N) is 6. The zero-order chi connectivity index (χ0) is 31.8. The van der Waals surface area contributed by atoms with Gasteiger partial charge in [-0.1, -0.05) is 18.2 Å². The molecule has 5 heterocycles. The van der Waals surface area contributed by atoms with E-state index in [0.29, 0.717) is 6.04 Å². The van der Waals surface area contributed by atoms with Crippen LogP contribution in [0.15, 0.2) is 24.9 Å². The standard InChI is InChI=1S/C34H46ClN7O3/c1-8-28(43)40-18-34(19-40)13-23(14-34)42-21(3)29(30-24-15-36-37-25(24)11-20(2)31(30)35)32(38-42)41-10-9-22(12-33(41,4)5)39-16-26(44-6)27(17-39)45-7/h8,11,15,22-23,26-27H,1,9-10,12-14,16-19H2,2-7H3,(H,36,37)/t22?,26-,27+. The lowest BCUT2D eigenvalue weighted by Crippen LogP contribution is -2.63. The molecule has 3 aromatic rings. The number of aromatic nitrogens is 4. The average Bonchev–Trinajstić information content (AvgIpc) is 3.69. The van der Waals surface area contributed by atoms with Crippen LogP contribution >= 0.6 is 11.6 Å². The lowest BCUT2D eigenvalue weighted by Gasteiger charge is -2.58. The molecule has 1 saturated carbocycles. The van der Waals surface area contributed by atoms with Gasteiger partial charge < -0.3 is 19.3 Å². The molecule has 242 valence electrons. The Morgan fingerprint density at radius 1 is 1.09 bits per heavy atom. The van der Waals surface area contributed by atoms with Gasteiger partial charge in [0.15, 0.2) is 5.82 Å². The molecule has 3 aliphatic heterocycles. The summed E-state index contributed by atoms with van der Waals surface area (Å²) < 4.78 is 13.8. The molecule has 10 nitrogen and oxygen atoms in total. The van der Waals surface area contributed by atoms with Crippen molar-refractivity contribution in [1.82, 2.24) is 29.8 Å². The largest absolute Gasteiger partial charge is 0.377 e. The predicted molar refractivity (Wildman–Crippen MR) is 177 cm³/mol. The molecule has 1 spiro atoms. The van der Waals surface area contributed by atoms with E-state index in [0.717, 1.165) is 103 Å².